The molecule has 40 heavy (non-hydrogen) atoms. The highest BCUT2D eigenvalue weighted by molar-refractivity contribution is 7.92. The second-order valence-electron chi connectivity index (χ2n) is 9.54. The van der Waals surface area contributed by atoms with Crippen molar-refractivity contribution < 1.29 is 27.5 Å². The number of nitrogens with one attached hydrogen (secondary N) is 1. The van der Waals surface area contributed by atoms with Crippen LogP contribution in [0, 0.1) is 0 Å². The molecular weight excluding hydrogens is 530 g/mol. The van der Waals surface area contributed by atoms with E-state index < -0.39 is 28.5 Å². The van der Waals surface area contributed by atoms with Crippen molar-refractivity contribution in [2.45, 2.75) is 45.8 Å². The molecular formula is C30H37N3O6S. The third-order valence-corrected chi connectivity index (χ3v) is 7.60. The number of nitrogens with zero attached hydrogens (tertiary/aromatic N) is 2. The van der Waals surface area contributed by atoms with Gasteiger partial charge in [-0.05, 0) is 74.4 Å². The normalized spacial score (nSPS) is 12.6. The summed E-state index contributed by atoms with van der Waals surface area (Å²) >= 11 is 0. The van der Waals surface area contributed by atoms with E-state index in [4.69, 9.17) is 9.47 Å². The maximum Gasteiger partial charge on any atom is 0.244 e. The predicted molar refractivity (Wildman–Crippen MR) is 156 cm³/mol. The Morgan fingerprint density at radius 1 is 0.875 bits per heavy atom. The molecule has 214 valence electrons. The number of hydrogen-bond donors (Lipinski definition) is 1. The topological polar surface area (TPSA) is 105 Å². The Bertz CT molecular complexity index is 1360. The Hall–Kier alpha value is -4.05. The van der Waals surface area contributed by atoms with Gasteiger partial charge in [0, 0.05) is 12.6 Å². The number of amides is 2. The van der Waals surface area contributed by atoms with E-state index in [-0.39, 0.29) is 18.5 Å². The fourth-order valence-electron chi connectivity index (χ4n) is 3.89. The Kier molecular flexibility index (Phi) is 10.6. The minimum atomic E-state index is -3.84. The van der Waals surface area contributed by atoms with Gasteiger partial charge >= 0.3 is 0 Å². The average Bonchev–Trinajstić information content (AvgIpc) is 2.94. The first kappa shape index (κ1) is 30.5. The zero-order valence-electron chi connectivity index (χ0n) is 23.5. The van der Waals surface area contributed by atoms with E-state index in [0.717, 1.165) is 22.5 Å². The molecule has 3 aromatic rings. The van der Waals surface area contributed by atoms with Gasteiger partial charge in [0.1, 0.15) is 29.8 Å². The Morgan fingerprint density at radius 2 is 1.45 bits per heavy atom. The summed E-state index contributed by atoms with van der Waals surface area (Å²) < 4.78 is 37.7. The van der Waals surface area contributed by atoms with Crippen LogP contribution in [0.5, 0.6) is 17.2 Å². The van der Waals surface area contributed by atoms with E-state index in [1.54, 1.807) is 62.6 Å². The lowest BCUT2D eigenvalue weighted by atomic mass is 10.1. The summed E-state index contributed by atoms with van der Waals surface area (Å²) in [6, 6.07) is 21.9. The lowest BCUT2D eigenvalue weighted by molar-refractivity contribution is -0.139. The number of anilines is 1. The molecule has 0 heterocycles. The van der Waals surface area contributed by atoms with Crippen LogP contribution in [0.25, 0.3) is 0 Å². The van der Waals surface area contributed by atoms with Gasteiger partial charge in [0.2, 0.25) is 21.8 Å². The molecule has 3 rings (SSSR count). The maximum atomic E-state index is 13.7. The fourth-order valence-corrected chi connectivity index (χ4v) is 4.74. The highest BCUT2D eigenvalue weighted by Crippen LogP contribution is 2.26. The highest BCUT2D eigenvalue weighted by atomic mass is 32.2. The monoisotopic (exact) mass is 567 g/mol. The van der Waals surface area contributed by atoms with Gasteiger partial charge in [0.15, 0.2) is 0 Å². The molecule has 3 aromatic carbocycles. The Morgan fingerprint density at radius 3 is 2.00 bits per heavy atom. The van der Waals surface area contributed by atoms with Crippen molar-refractivity contribution in [3.8, 4) is 17.2 Å². The van der Waals surface area contributed by atoms with Crippen molar-refractivity contribution in [2.24, 2.45) is 0 Å². The molecule has 0 aromatic heterocycles. The van der Waals surface area contributed by atoms with Crippen LogP contribution < -0.4 is 19.1 Å². The van der Waals surface area contributed by atoms with E-state index in [0.29, 0.717) is 22.9 Å². The van der Waals surface area contributed by atoms with Crippen LogP contribution >= 0.6 is 0 Å². The number of methoxy groups -OCH3 is 1. The van der Waals surface area contributed by atoms with Crippen molar-refractivity contribution in [3.63, 3.8) is 0 Å². The number of sulfonamides is 1. The van der Waals surface area contributed by atoms with Crippen LogP contribution in [0.1, 0.15) is 32.8 Å². The summed E-state index contributed by atoms with van der Waals surface area (Å²) in [7, 11) is -2.28. The molecule has 0 unspecified atom stereocenters. The SMILES string of the molecule is CC[C@H](C)NC(=O)[C@H](C)N(Cc1ccc(OC)cc1)C(=O)CN(c1ccc(Oc2ccccc2)cc1)S(C)(=O)=O. The van der Waals surface area contributed by atoms with Crippen LogP contribution in [0.2, 0.25) is 0 Å². The first-order valence-corrected chi connectivity index (χ1v) is 14.9. The van der Waals surface area contributed by atoms with Crippen LogP contribution in [0.3, 0.4) is 0 Å². The van der Waals surface area contributed by atoms with Gasteiger partial charge in [-0.2, -0.15) is 0 Å². The van der Waals surface area contributed by atoms with E-state index in [1.807, 2.05) is 44.2 Å². The predicted octanol–water partition coefficient (Wildman–Crippen LogP) is 4.59. The van der Waals surface area contributed by atoms with Crippen molar-refractivity contribution in [1.82, 2.24) is 10.2 Å². The molecule has 0 aliphatic heterocycles. The molecule has 0 fully saturated rings. The summed E-state index contributed by atoms with van der Waals surface area (Å²) in [6.07, 6.45) is 1.78. The number of benzene rings is 3. The van der Waals surface area contributed by atoms with Crippen LogP contribution in [0.4, 0.5) is 5.69 Å². The van der Waals surface area contributed by atoms with Crippen molar-refractivity contribution >= 4 is 27.5 Å². The third-order valence-electron chi connectivity index (χ3n) is 6.46. The van der Waals surface area contributed by atoms with Crippen molar-refractivity contribution in [1.29, 1.82) is 0 Å². The highest BCUT2D eigenvalue weighted by Gasteiger charge is 2.30. The summed E-state index contributed by atoms with van der Waals surface area (Å²) in [5, 5.41) is 2.91. The molecule has 9 nitrogen and oxygen atoms in total. The molecule has 0 aliphatic rings. The standard InChI is InChI=1S/C30H37N3O6S/c1-6-22(2)31-30(35)23(3)32(20-24-12-16-26(38-4)17-13-24)29(34)21-33(40(5,36)37)25-14-18-28(19-15-25)39-27-10-8-7-9-11-27/h7-19,22-23H,6,20-21H2,1-5H3,(H,31,35)/t22-,23-/m0/s1. The van der Waals surface area contributed by atoms with Crippen molar-refractivity contribution in [3.05, 3.63) is 84.4 Å². The van der Waals surface area contributed by atoms with Gasteiger partial charge in [0.25, 0.3) is 0 Å². The average molecular weight is 568 g/mol. The first-order chi connectivity index (χ1) is 19.0. The molecule has 0 spiro atoms. The van der Waals surface area contributed by atoms with Crippen LogP contribution in [-0.2, 0) is 26.2 Å². The molecule has 0 radical (unpaired) electrons. The fraction of sp³-hybridized carbons (Fsp3) is 0.333. The number of hydrogen-bond acceptors (Lipinski definition) is 6. The number of carbonyl (C=O) groups is 2. The van der Waals surface area contributed by atoms with Gasteiger partial charge in [-0.3, -0.25) is 13.9 Å². The molecule has 0 saturated carbocycles. The number of rotatable bonds is 13. The lowest BCUT2D eigenvalue weighted by Crippen LogP contribution is -2.52. The van der Waals surface area contributed by atoms with Crippen LogP contribution in [0.15, 0.2) is 78.9 Å². The molecule has 10 heteroatoms. The largest absolute Gasteiger partial charge is 0.497 e. The smallest absolute Gasteiger partial charge is 0.244 e. The summed E-state index contributed by atoms with van der Waals surface area (Å²) in [5.41, 5.74) is 1.07. The second kappa shape index (κ2) is 13.8. The molecule has 2 atom stereocenters. The van der Waals surface area contributed by atoms with Gasteiger partial charge < -0.3 is 19.7 Å². The number of ether oxygens (including phenoxy) is 2. The van der Waals surface area contributed by atoms with E-state index in [1.165, 1.54) is 4.90 Å². The summed E-state index contributed by atoms with van der Waals surface area (Å²) in [6.45, 7) is 5.11. The van der Waals surface area contributed by atoms with Crippen molar-refractivity contribution in [2.75, 3.05) is 24.2 Å². The molecule has 0 bridgehead atoms. The van der Waals surface area contributed by atoms with Gasteiger partial charge in [-0.1, -0.05) is 37.3 Å². The molecule has 2 amide bonds. The summed E-state index contributed by atoms with van der Waals surface area (Å²) in [4.78, 5) is 28.1. The zero-order chi connectivity index (χ0) is 29.3. The Balaban J connectivity index is 1.86. The zero-order valence-corrected chi connectivity index (χ0v) is 24.4. The summed E-state index contributed by atoms with van der Waals surface area (Å²) in [5.74, 6) is 0.991. The quantitative estimate of drug-likeness (QED) is 0.324. The minimum absolute atomic E-state index is 0.0722. The second-order valence-corrected chi connectivity index (χ2v) is 11.4. The van der Waals surface area contributed by atoms with Gasteiger partial charge in [-0.25, -0.2) is 8.42 Å². The lowest BCUT2D eigenvalue weighted by Gasteiger charge is -2.32. The number of para-hydroxylation sites is 1. The van der Waals surface area contributed by atoms with Crippen LogP contribution in [-0.4, -0.2) is 57.1 Å². The van der Waals surface area contributed by atoms with E-state index in [2.05, 4.69) is 5.32 Å². The third kappa shape index (κ3) is 8.47. The molecule has 0 aliphatic carbocycles. The van der Waals surface area contributed by atoms with Gasteiger partial charge in [0.05, 0.1) is 19.1 Å². The van der Waals surface area contributed by atoms with E-state index in [9.17, 15) is 18.0 Å². The van der Waals surface area contributed by atoms with E-state index >= 15 is 0 Å². The molecule has 1 N–H and O–H groups in total. The maximum absolute atomic E-state index is 13.7. The Labute approximate surface area is 236 Å². The van der Waals surface area contributed by atoms with Gasteiger partial charge in [-0.15, -0.1) is 0 Å². The number of carbonyl (C=O) groups excluding carboxylic acids is 2. The minimum Gasteiger partial charge on any atom is -0.497 e. The molecule has 0 saturated heterocycles. The first-order valence-electron chi connectivity index (χ1n) is 13.0.